The predicted molar refractivity (Wildman–Crippen MR) is 72.3 cm³/mol. The third kappa shape index (κ3) is 1.47. The van der Waals surface area contributed by atoms with Crippen LogP contribution < -0.4 is 0 Å². The lowest BCUT2D eigenvalue weighted by molar-refractivity contribution is 0.0772. The lowest BCUT2D eigenvalue weighted by atomic mass is 9.85. The molecule has 1 spiro atoms. The molecule has 4 heterocycles. The van der Waals surface area contributed by atoms with Crippen molar-refractivity contribution in [1.29, 1.82) is 0 Å². The first-order chi connectivity index (χ1) is 9.70. The van der Waals surface area contributed by atoms with Crippen LogP contribution in [-0.4, -0.2) is 43.2 Å². The Labute approximate surface area is 117 Å². The van der Waals surface area contributed by atoms with Gasteiger partial charge in [0.25, 0.3) is 5.91 Å². The Morgan fingerprint density at radius 1 is 1.30 bits per heavy atom. The van der Waals surface area contributed by atoms with Gasteiger partial charge in [0.2, 0.25) is 0 Å². The van der Waals surface area contributed by atoms with Gasteiger partial charge >= 0.3 is 0 Å². The molecule has 2 aromatic rings. The maximum absolute atomic E-state index is 12.6. The first kappa shape index (κ1) is 11.7. The largest absolute Gasteiger partial charge is 0.336 e. The number of nitrogens with zero attached hydrogens (tertiary/aromatic N) is 5. The van der Waals surface area contributed by atoms with Crippen molar-refractivity contribution in [1.82, 2.24) is 24.2 Å². The van der Waals surface area contributed by atoms with Gasteiger partial charge in [-0.1, -0.05) is 0 Å². The number of amides is 1. The van der Waals surface area contributed by atoms with E-state index in [0.29, 0.717) is 5.69 Å². The van der Waals surface area contributed by atoms with Crippen LogP contribution >= 0.6 is 0 Å². The standard InChI is InChI=1S/C14H17N5O/c1-17-11(2-5-16-17)12(20)19-8-4-14(10-19)3-7-18-9-6-15-13(14)18/h2,5-6,9H,3-4,7-8,10H2,1H3/t14-/m1/s1. The number of likely N-dealkylation sites (tertiary alicyclic amines) is 1. The van der Waals surface area contributed by atoms with Gasteiger partial charge in [-0.3, -0.25) is 9.48 Å². The highest BCUT2D eigenvalue weighted by atomic mass is 16.2. The molecule has 0 saturated carbocycles. The maximum atomic E-state index is 12.6. The van der Waals surface area contributed by atoms with Crippen molar-refractivity contribution in [3.63, 3.8) is 0 Å². The van der Waals surface area contributed by atoms with Crippen LogP contribution in [0.25, 0.3) is 0 Å². The minimum atomic E-state index is 0.0672. The van der Waals surface area contributed by atoms with E-state index in [1.165, 1.54) is 0 Å². The fraction of sp³-hybridized carbons (Fsp3) is 0.500. The molecule has 6 heteroatoms. The van der Waals surface area contributed by atoms with Gasteiger partial charge in [-0.25, -0.2) is 4.98 Å². The van der Waals surface area contributed by atoms with Gasteiger partial charge < -0.3 is 9.47 Å². The molecule has 1 atom stereocenters. The quantitative estimate of drug-likeness (QED) is 0.771. The zero-order chi connectivity index (χ0) is 13.7. The van der Waals surface area contributed by atoms with E-state index in [1.807, 2.05) is 17.3 Å². The van der Waals surface area contributed by atoms with Crippen molar-refractivity contribution < 1.29 is 4.79 Å². The minimum absolute atomic E-state index is 0.0672. The Kier molecular flexibility index (Phi) is 2.31. The Morgan fingerprint density at radius 3 is 2.95 bits per heavy atom. The van der Waals surface area contributed by atoms with Crippen molar-refractivity contribution in [3.8, 4) is 0 Å². The van der Waals surface area contributed by atoms with Gasteiger partial charge in [0, 0.05) is 50.7 Å². The summed E-state index contributed by atoms with van der Waals surface area (Å²) in [7, 11) is 1.81. The summed E-state index contributed by atoms with van der Waals surface area (Å²) in [5.41, 5.74) is 0.723. The van der Waals surface area contributed by atoms with Crippen LogP contribution in [-0.2, 0) is 19.0 Å². The molecule has 0 aromatic carbocycles. The van der Waals surface area contributed by atoms with E-state index in [0.717, 1.165) is 38.3 Å². The number of hydrogen-bond donors (Lipinski definition) is 0. The number of aromatic nitrogens is 4. The molecule has 2 aromatic heterocycles. The summed E-state index contributed by atoms with van der Waals surface area (Å²) in [6, 6.07) is 1.78. The van der Waals surface area contributed by atoms with Crippen LogP contribution in [0, 0.1) is 0 Å². The Hall–Kier alpha value is -2.11. The normalized spacial score (nSPS) is 24.6. The van der Waals surface area contributed by atoms with E-state index in [1.54, 1.807) is 24.0 Å². The molecule has 20 heavy (non-hydrogen) atoms. The molecule has 0 unspecified atom stereocenters. The molecule has 6 nitrogen and oxygen atoms in total. The Morgan fingerprint density at radius 2 is 2.15 bits per heavy atom. The molecule has 1 amide bonds. The Balaban J connectivity index is 1.60. The van der Waals surface area contributed by atoms with Crippen LogP contribution in [0.15, 0.2) is 24.7 Å². The smallest absolute Gasteiger partial charge is 0.272 e. The van der Waals surface area contributed by atoms with Crippen molar-refractivity contribution >= 4 is 5.91 Å². The maximum Gasteiger partial charge on any atom is 0.272 e. The highest BCUT2D eigenvalue weighted by molar-refractivity contribution is 5.92. The van der Waals surface area contributed by atoms with Crippen LogP contribution in [0.2, 0.25) is 0 Å². The van der Waals surface area contributed by atoms with Crippen molar-refractivity contribution in [3.05, 3.63) is 36.2 Å². The second kappa shape index (κ2) is 3.94. The lowest BCUT2D eigenvalue weighted by Gasteiger charge is -2.22. The molecule has 1 saturated heterocycles. The number of fused-ring (bicyclic) bond motifs is 2. The van der Waals surface area contributed by atoms with Crippen LogP contribution in [0.1, 0.15) is 29.2 Å². The van der Waals surface area contributed by atoms with E-state index in [9.17, 15) is 4.79 Å². The highest BCUT2D eigenvalue weighted by Gasteiger charge is 2.47. The molecule has 0 N–H and O–H groups in total. The molecule has 4 rings (SSSR count). The van der Waals surface area contributed by atoms with Gasteiger partial charge in [0.15, 0.2) is 0 Å². The zero-order valence-electron chi connectivity index (χ0n) is 11.5. The number of aryl methyl sites for hydroxylation is 2. The summed E-state index contributed by atoms with van der Waals surface area (Å²) in [6.07, 6.45) is 7.66. The fourth-order valence-electron chi connectivity index (χ4n) is 3.58. The van der Waals surface area contributed by atoms with E-state index in [-0.39, 0.29) is 11.3 Å². The molecular formula is C14H17N5O. The SMILES string of the molecule is Cn1nccc1C(=O)N1CC[C@]2(CCn3ccnc32)C1. The molecular weight excluding hydrogens is 254 g/mol. The molecule has 2 aliphatic heterocycles. The van der Waals surface area contributed by atoms with Gasteiger partial charge in [-0.15, -0.1) is 0 Å². The van der Waals surface area contributed by atoms with Crippen molar-refractivity contribution in [2.24, 2.45) is 7.05 Å². The first-order valence-corrected chi connectivity index (χ1v) is 6.99. The fourth-order valence-corrected chi connectivity index (χ4v) is 3.58. The van der Waals surface area contributed by atoms with Crippen LogP contribution in [0.3, 0.4) is 0 Å². The number of imidazole rings is 1. The van der Waals surface area contributed by atoms with E-state index >= 15 is 0 Å². The third-order valence-electron chi connectivity index (χ3n) is 4.70. The number of rotatable bonds is 1. The summed E-state index contributed by atoms with van der Waals surface area (Å²) >= 11 is 0. The van der Waals surface area contributed by atoms with Crippen molar-refractivity contribution in [2.45, 2.75) is 24.8 Å². The van der Waals surface area contributed by atoms with Crippen molar-refractivity contribution in [2.75, 3.05) is 13.1 Å². The number of carbonyl (C=O) groups excluding carboxylic acids is 1. The number of carbonyl (C=O) groups is 1. The van der Waals surface area contributed by atoms with Gasteiger partial charge in [0.1, 0.15) is 11.5 Å². The first-order valence-electron chi connectivity index (χ1n) is 6.99. The Bertz CT molecular complexity index is 673. The topological polar surface area (TPSA) is 56.0 Å². The second-order valence-electron chi connectivity index (χ2n) is 5.79. The van der Waals surface area contributed by atoms with E-state index in [2.05, 4.69) is 14.6 Å². The van der Waals surface area contributed by atoms with Gasteiger partial charge in [-0.2, -0.15) is 5.10 Å². The molecule has 1 fully saturated rings. The highest BCUT2D eigenvalue weighted by Crippen LogP contribution is 2.41. The van der Waals surface area contributed by atoms with Crippen LogP contribution in [0.5, 0.6) is 0 Å². The minimum Gasteiger partial charge on any atom is -0.336 e. The van der Waals surface area contributed by atoms with E-state index in [4.69, 9.17) is 0 Å². The van der Waals surface area contributed by atoms with Gasteiger partial charge in [0.05, 0.1) is 0 Å². The predicted octanol–water partition coefficient (Wildman–Crippen LogP) is 0.804. The number of hydrogen-bond acceptors (Lipinski definition) is 3. The lowest BCUT2D eigenvalue weighted by Crippen LogP contribution is -2.34. The average Bonchev–Trinajstić information content (AvgIpc) is 3.18. The third-order valence-corrected chi connectivity index (χ3v) is 4.70. The average molecular weight is 271 g/mol. The van der Waals surface area contributed by atoms with E-state index < -0.39 is 0 Å². The zero-order valence-corrected chi connectivity index (χ0v) is 11.5. The molecule has 0 aliphatic carbocycles. The summed E-state index contributed by atoms with van der Waals surface area (Å²) in [6.45, 7) is 2.59. The summed E-state index contributed by atoms with van der Waals surface area (Å²) < 4.78 is 3.86. The summed E-state index contributed by atoms with van der Waals surface area (Å²) in [4.78, 5) is 19.0. The van der Waals surface area contributed by atoms with Gasteiger partial charge in [-0.05, 0) is 18.9 Å². The monoisotopic (exact) mass is 271 g/mol. The second-order valence-corrected chi connectivity index (χ2v) is 5.79. The molecule has 0 radical (unpaired) electrons. The molecule has 104 valence electrons. The van der Waals surface area contributed by atoms with Crippen LogP contribution in [0.4, 0.5) is 0 Å². The molecule has 2 aliphatic rings. The molecule has 0 bridgehead atoms. The summed E-state index contributed by atoms with van der Waals surface area (Å²) in [5, 5.41) is 4.08. The summed E-state index contributed by atoms with van der Waals surface area (Å²) in [5.74, 6) is 1.23.